The summed E-state index contributed by atoms with van der Waals surface area (Å²) in [4.78, 5) is 2.17. The Labute approximate surface area is 177 Å². The molecule has 1 aromatic heterocycles. The molecular weight excluding hydrogens is 396 g/mol. The zero-order chi connectivity index (χ0) is 21.1. The summed E-state index contributed by atoms with van der Waals surface area (Å²) in [5.74, 6) is 0. The molecule has 1 heterocycles. The van der Waals surface area contributed by atoms with Crippen molar-refractivity contribution < 1.29 is 8.42 Å². The minimum atomic E-state index is -2.71. The molecule has 0 amide bonds. The van der Waals surface area contributed by atoms with Crippen molar-refractivity contribution in [2.45, 2.75) is 13.8 Å². The topological polar surface area (TPSA) is 76.0 Å². The highest BCUT2D eigenvalue weighted by molar-refractivity contribution is 7.70. The molecule has 4 rings (SSSR count). The molecule has 0 saturated heterocycles. The Morgan fingerprint density at radius 2 is 1.33 bits per heavy atom. The standard InChI is InChI=1S/C23H22N4O2S/c1-16-3-5-18(6-4-16)19-7-9-20(10-8-19)23-15-17(2)25-27(23)22-13-11-21(12-14-22)24-26-30(28)29/h3-15,24,30H,1-2H3,(H,26,28,29). The average Bonchev–Trinajstić information content (AvgIpc) is 3.15. The highest BCUT2D eigenvalue weighted by atomic mass is 32.2. The van der Waals surface area contributed by atoms with Crippen molar-refractivity contribution in [1.29, 1.82) is 0 Å². The number of nitrogens with one attached hydrogen (secondary N) is 2. The smallest absolute Gasteiger partial charge is 0.218 e. The Morgan fingerprint density at radius 1 is 0.767 bits per heavy atom. The molecule has 4 aromatic rings. The average molecular weight is 419 g/mol. The second-order valence-electron chi connectivity index (χ2n) is 7.07. The Morgan fingerprint density at radius 3 is 1.93 bits per heavy atom. The minimum Gasteiger partial charge on any atom is -0.308 e. The lowest BCUT2D eigenvalue weighted by Crippen LogP contribution is -2.19. The van der Waals surface area contributed by atoms with Crippen molar-refractivity contribution in [2.24, 2.45) is 0 Å². The van der Waals surface area contributed by atoms with Gasteiger partial charge in [-0.3, -0.25) is 0 Å². The third kappa shape index (κ3) is 4.42. The first-order chi connectivity index (χ1) is 14.5. The normalized spacial score (nSPS) is 11.0. The van der Waals surface area contributed by atoms with Crippen LogP contribution in [0.5, 0.6) is 0 Å². The van der Waals surface area contributed by atoms with Crippen LogP contribution in [0.3, 0.4) is 0 Å². The first-order valence-corrected chi connectivity index (χ1v) is 10.7. The first kappa shape index (κ1) is 19.9. The number of thiol groups is 1. The largest absolute Gasteiger partial charge is 0.308 e. The van der Waals surface area contributed by atoms with Gasteiger partial charge < -0.3 is 5.43 Å². The predicted molar refractivity (Wildman–Crippen MR) is 121 cm³/mol. The maximum atomic E-state index is 10.6. The number of hydrogen-bond acceptors (Lipinski definition) is 4. The van der Waals surface area contributed by atoms with E-state index in [0.29, 0.717) is 5.69 Å². The molecule has 152 valence electrons. The van der Waals surface area contributed by atoms with Crippen LogP contribution in [0, 0.1) is 13.8 Å². The highest BCUT2D eigenvalue weighted by Gasteiger charge is 2.10. The zero-order valence-electron chi connectivity index (χ0n) is 16.7. The second kappa shape index (κ2) is 8.52. The third-order valence-corrected chi connectivity index (χ3v) is 5.09. The van der Waals surface area contributed by atoms with Gasteiger partial charge in [0.2, 0.25) is 10.9 Å². The van der Waals surface area contributed by atoms with Crippen molar-refractivity contribution >= 4 is 16.6 Å². The Hall–Kier alpha value is -3.42. The van der Waals surface area contributed by atoms with Crippen molar-refractivity contribution in [3.8, 4) is 28.1 Å². The second-order valence-corrected chi connectivity index (χ2v) is 7.80. The Balaban J connectivity index is 1.62. The lowest BCUT2D eigenvalue weighted by molar-refractivity contribution is 0.607. The van der Waals surface area contributed by atoms with Gasteiger partial charge in [0.1, 0.15) is 0 Å². The van der Waals surface area contributed by atoms with Crippen LogP contribution in [0.2, 0.25) is 0 Å². The van der Waals surface area contributed by atoms with Crippen LogP contribution in [0.4, 0.5) is 5.69 Å². The van der Waals surface area contributed by atoms with Crippen LogP contribution in [0.1, 0.15) is 11.3 Å². The number of aryl methyl sites for hydroxylation is 2. The van der Waals surface area contributed by atoms with Gasteiger partial charge in [-0.25, -0.2) is 13.1 Å². The molecule has 7 heteroatoms. The van der Waals surface area contributed by atoms with E-state index in [9.17, 15) is 8.42 Å². The summed E-state index contributed by atoms with van der Waals surface area (Å²) in [7, 11) is -2.71. The van der Waals surface area contributed by atoms with E-state index in [1.54, 1.807) is 12.1 Å². The van der Waals surface area contributed by atoms with Gasteiger partial charge in [-0.1, -0.05) is 54.1 Å². The van der Waals surface area contributed by atoms with Gasteiger partial charge >= 0.3 is 0 Å². The van der Waals surface area contributed by atoms with E-state index in [4.69, 9.17) is 0 Å². The highest BCUT2D eigenvalue weighted by Crippen LogP contribution is 2.28. The molecule has 0 radical (unpaired) electrons. The van der Waals surface area contributed by atoms with Crippen LogP contribution in [-0.4, -0.2) is 18.2 Å². The van der Waals surface area contributed by atoms with Crippen LogP contribution in [0.25, 0.3) is 28.1 Å². The third-order valence-electron chi connectivity index (χ3n) is 4.80. The zero-order valence-corrected chi connectivity index (χ0v) is 17.6. The van der Waals surface area contributed by atoms with Crippen LogP contribution >= 0.6 is 0 Å². The maximum Gasteiger partial charge on any atom is 0.218 e. The minimum absolute atomic E-state index is 0.644. The van der Waals surface area contributed by atoms with Crippen molar-refractivity contribution in [2.75, 3.05) is 5.43 Å². The fraction of sp³-hybridized carbons (Fsp3) is 0.0870. The Kier molecular flexibility index (Phi) is 5.65. The fourth-order valence-corrected chi connectivity index (χ4v) is 3.50. The summed E-state index contributed by atoms with van der Waals surface area (Å²) in [5.41, 5.74) is 10.7. The van der Waals surface area contributed by atoms with Crippen LogP contribution < -0.4 is 10.3 Å². The SMILES string of the molecule is Cc1ccc(-c2ccc(-c3cc(C)nn3-c3ccc(NN[SH](=O)=O)cc3)cc2)cc1. The van der Waals surface area contributed by atoms with E-state index in [2.05, 4.69) is 76.9 Å². The molecule has 30 heavy (non-hydrogen) atoms. The molecule has 0 aliphatic heterocycles. The molecule has 0 bridgehead atoms. The summed E-state index contributed by atoms with van der Waals surface area (Å²) in [6.45, 7) is 4.05. The lowest BCUT2D eigenvalue weighted by atomic mass is 10.0. The van der Waals surface area contributed by atoms with Gasteiger partial charge in [-0.05, 0) is 55.3 Å². The summed E-state index contributed by atoms with van der Waals surface area (Å²) in [5, 5.41) is 4.64. The van der Waals surface area contributed by atoms with Gasteiger partial charge in [0.25, 0.3) is 0 Å². The summed E-state index contributed by atoms with van der Waals surface area (Å²) < 4.78 is 23.2. The van der Waals surface area contributed by atoms with E-state index in [-0.39, 0.29) is 0 Å². The molecule has 0 aliphatic carbocycles. The summed E-state index contributed by atoms with van der Waals surface area (Å²) in [6, 6.07) is 26.4. The summed E-state index contributed by atoms with van der Waals surface area (Å²) >= 11 is 0. The molecule has 0 fully saturated rings. The van der Waals surface area contributed by atoms with E-state index < -0.39 is 10.9 Å². The van der Waals surface area contributed by atoms with E-state index >= 15 is 0 Å². The van der Waals surface area contributed by atoms with Gasteiger partial charge in [-0.15, -0.1) is 4.83 Å². The maximum absolute atomic E-state index is 10.6. The van der Waals surface area contributed by atoms with Crippen molar-refractivity contribution in [1.82, 2.24) is 14.6 Å². The molecule has 0 unspecified atom stereocenters. The Bertz CT molecular complexity index is 1220. The number of aromatic nitrogens is 2. The number of anilines is 1. The number of hydrazine groups is 1. The van der Waals surface area contributed by atoms with Crippen molar-refractivity contribution in [3.05, 3.63) is 90.1 Å². The van der Waals surface area contributed by atoms with E-state index in [1.807, 2.05) is 23.7 Å². The fourth-order valence-electron chi connectivity index (χ4n) is 3.28. The molecular formula is C23H22N4O2S. The van der Waals surface area contributed by atoms with Gasteiger partial charge in [0, 0.05) is 11.3 Å². The first-order valence-electron chi connectivity index (χ1n) is 9.50. The van der Waals surface area contributed by atoms with E-state index in [1.165, 1.54) is 16.7 Å². The number of rotatable bonds is 6. The van der Waals surface area contributed by atoms with E-state index in [0.717, 1.165) is 22.6 Å². The lowest BCUT2D eigenvalue weighted by Gasteiger charge is -2.10. The number of hydrogen-bond donors (Lipinski definition) is 3. The quantitative estimate of drug-likeness (QED) is 0.323. The van der Waals surface area contributed by atoms with Crippen LogP contribution in [0.15, 0.2) is 78.9 Å². The van der Waals surface area contributed by atoms with Crippen molar-refractivity contribution in [3.63, 3.8) is 0 Å². The molecule has 0 saturated carbocycles. The summed E-state index contributed by atoms with van der Waals surface area (Å²) in [6.07, 6.45) is 0. The molecule has 2 N–H and O–H groups in total. The predicted octanol–water partition coefficient (Wildman–Crippen LogP) is 4.27. The van der Waals surface area contributed by atoms with Crippen LogP contribution in [-0.2, 0) is 10.9 Å². The number of nitrogens with zero attached hydrogens (tertiary/aromatic N) is 2. The molecule has 6 nitrogen and oxygen atoms in total. The molecule has 3 aromatic carbocycles. The molecule has 0 atom stereocenters. The van der Waals surface area contributed by atoms with Gasteiger partial charge in [0.15, 0.2) is 0 Å². The van der Waals surface area contributed by atoms with Gasteiger partial charge in [0.05, 0.1) is 17.1 Å². The number of benzene rings is 3. The van der Waals surface area contributed by atoms with Gasteiger partial charge in [-0.2, -0.15) is 5.10 Å². The molecule has 0 spiro atoms. The monoisotopic (exact) mass is 418 g/mol. The molecule has 0 aliphatic rings.